The van der Waals surface area contributed by atoms with Crippen molar-refractivity contribution in [2.24, 2.45) is 5.73 Å². The maximum absolute atomic E-state index is 7.25. The van der Waals surface area contributed by atoms with Crippen LogP contribution in [0.4, 0.5) is 0 Å². The average molecular weight is 164 g/mol. The molecule has 1 heterocycles. The summed E-state index contributed by atoms with van der Waals surface area (Å²) in [6.07, 6.45) is 0. The van der Waals surface area contributed by atoms with Crippen molar-refractivity contribution >= 4 is 5.84 Å². The maximum atomic E-state index is 7.25. The molecule has 0 saturated carbocycles. The summed E-state index contributed by atoms with van der Waals surface area (Å²) in [4.78, 5) is 0. The fraction of sp³-hybridized carbons (Fsp3) is 0.125. The second kappa shape index (κ2) is 2.41. The number of hydrogen-bond acceptors (Lipinski definition) is 3. The van der Waals surface area contributed by atoms with Crippen molar-refractivity contribution in [3.05, 3.63) is 23.8 Å². The van der Waals surface area contributed by atoms with Crippen LogP contribution in [0.1, 0.15) is 5.56 Å². The van der Waals surface area contributed by atoms with E-state index in [1.807, 2.05) is 0 Å². The first-order chi connectivity index (χ1) is 5.79. The minimum absolute atomic E-state index is 0.00245. The molecule has 0 aromatic heterocycles. The number of nitrogen functional groups attached to an aromatic ring is 1. The van der Waals surface area contributed by atoms with Gasteiger partial charge >= 0.3 is 0 Å². The van der Waals surface area contributed by atoms with Gasteiger partial charge in [0.15, 0.2) is 11.5 Å². The van der Waals surface area contributed by atoms with Crippen molar-refractivity contribution in [2.75, 3.05) is 6.79 Å². The van der Waals surface area contributed by atoms with Gasteiger partial charge in [0.05, 0.1) is 5.56 Å². The van der Waals surface area contributed by atoms with Crippen molar-refractivity contribution < 1.29 is 9.47 Å². The second-order valence-corrected chi connectivity index (χ2v) is 2.45. The lowest BCUT2D eigenvalue weighted by molar-refractivity contribution is 0.174. The van der Waals surface area contributed by atoms with Gasteiger partial charge in [0.25, 0.3) is 0 Å². The molecular weight excluding hydrogens is 156 g/mol. The Hall–Kier alpha value is -1.71. The Morgan fingerprint density at radius 2 is 2.25 bits per heavy atom. The van der Waals surface area contributed by atoms with Gasteiger partial charge in [0, 0.05) is 0 Å². The van der Waals surface area contributed by atoms with Gasteiger partial charge in [0.2, 0.25) is 6.79 Å². The zero-order chi connectivity index (χ0) is 8.55. The number of nitrogens with one attached hydrogen (secondary N) is 1. The van der Waals surface area contributed by atoms with Gasteiger partial charge in [0.1, 0.15) is 5.84 Å². The summed E-state index contributed by atoms with van der Waals surface area (Å²) in [5.41, 5.74) is 5.92. The van der Waals surface area contributed by atoms with Gasteiger partial charge in [-0.15, -0.1) is 0 Å². The highest BCUT2D eigenvalue weighted by molar-refractivity contribution is 5.98. The van der Waals surface area contributed by atoms with Crippen molar-refractivity contribution in [3.63, 3.8) is 0 Å². The number of rotatable bonds is 1. The van der Waals surface area contributed by atoms with E-state index in [0.29, 0.717) is 17.1 Å². The molecule has 0 bridgehead atoms. The number of nitrogens with two attached hydrogens (primary N) is 1. The van der Waals surface area contributed by atoms with E-state index in [9.17, 15) is 0 Å². The third kappa shape index (κ3) is 0.887. The fourth-order valence-electron chi connectivity index (χ4n) is 1.14. The van der Waals surface area contributed by atoms with Crippen LogP contribution < -0.4 is 15.2 Å². The molecule has 0 aliphatic carbocycles. The van der Waals surface area contributed by atoms with Crippen molar-refractivity contribution in [2.45, 2.75) is 0 Å². The van der Waals surface area contributed by atoms with E-state index in [-0.39, 0.29) is 12.6 Å². The molecule has 1 aliphatic heterocycles. The molecule has 0 radical (unpaired) electrons. The van der Waals surface area contributed by atoms with E-state index in [1.165, 1.54) is 0 Å². The molecule has 4 heteroatoms. The number of ether oxygens (including phenoxy) is 2. The zero-order valence-corrected chi connectivity index (χ0v) is 6.33. The monoisotopic (exact) mass is 164 g/mol. The van der Waals surface area contributed by atoms with E-state index in [4.69, 9.17) is 20.6 Å². The van der Waals surface area contributed by atoms with Crippen LogP contribution in [0.15, 0.2) is 18.2 Å². The molecule has 2 rings (SSSR count). The SMILES string of the molecule is N=C(N)c1cccc2c1OCO2. The first kappa shape index (κ1) is 6.97. The topological polar surface area (TPSA) is 68.3 Å². The lowest BCUT2D eigenvalue weighted by Crippen LogP contribution is -2.11. The summed E-state index contributed by atoms with van der Waals surface area (Å²) < 4.78 is 10.3. The standard InChI is InChI=1S/C8H8N2O2/c9-8(10)5-2-1-3-6-7(5)12-4-11-6/h1-3H,4H2,(H3,9,10). The van der Waals surface area contributed by atoms with Gasteiger partial charge in [-0.05, 0) is 12.1 Å². The van der Waals surface area contributed by atoms with Gasteiger partial charge in [-0.2, -0.15) is 0 Å². The fourth-order valence-corrected chi connectivity index (χ4v) is 1.14. The van der Waals surface area contributed by atoms with Crippen LogP contribution in [-0.2, 0) is 0 Å². The summed E-state index contributed by atoms with van der Waals surface area (Å²) in [5.74, 6) is 1.23. The molecule has 3 N–H and O–H groups in total. The molecule has 1 aliphatic rings. The number of fused-ring (bicyclic) bond motifs is 1. The Morgan fingerprint density at radius 1 is 1.42 bits per heavy atom. The average Bonchev–Trinajstić information content (AvgIpc) is 2.49. The lowest BCUT2D eigenvalue weighted by Gasteiger charge is -2.01. The molecule has 1 aromatic rings. The highest BCUT2D eigenvalue weighted by atomic mass is 16.7. The summed E-state index contributed by atoms with van der Waals surface area (Å²) in [7, 11) is 0. The third-order valence-corrected chi connectivity index (χ3v) is 1.69. The molecule has 0 saturated heterocycles. The summed E-state index contributed by atoms with van der Waals surface area (Å²) in [6, 6.07) is 5.30. The Balaban J connectivity index is 2.56. The van der Waals surface area contributed by atoms with Crippen molar-refractivity contribution in [3.8, 4) is 11.5 Å². The molecule has 0 spiro atoms. The first-order valence-corrected chi connectivity index (χ1v) is 3.52. The van der Waals surface area contributed by atoms with Crippen molar-refractivity contribution in [1.82, 2.24) is 0 Å². The zero-order valence-electron chi connectivity index (χ0n) is 6.33. The molecular formula is C8H8N2O2. The van der Waals surface area contributed by atoms with Crippen LogP contribution in [0.5, 0.6) is 11.5 Å². The highest BCUT2D eigenvalue weighted by Gasteiger charge is 2.17. The molecule has 0 amide bonds. The van der Waals surface area contributed by atoms with Crippen molar-refractivity contribution in [1.29, 1.82) is 5.41 Å². The van der Waals surface area contributed by atoms with E-state index < -0.39 is 0 Å². The lowest BCUT2D eigenvalue weighted by atomic mass is 10.2. The van der Waals surface area contributed by atoms with Gasteiger partial charge in [-0.3, -0.25) is 5.41 Å². The Labute approximate surface area is 69.4 Å². The molecule has 0 unspecified atom stereocenters. The Kier molecular flexibility index (Phi) is 1.40. The number of amidine groups is 1. The summed E-state index contributed by atoms with van der Waals surface area (Å²) in [6.45, 7) is 0.208. The van der Waals surface area contributed by atoms with Gasteiger partial charge in [-0.25, -0.2) is 0 Å². The Bertz CT molecular complexity index is 336. The minimum atomic E-state index is -0.00245. The summed E-state index contributed by atoms with van der Waals surface area (Å²) >= 11 is 0. The van der Waals surface area contributed by atoms with E-state index in [1.54, 1.807) is 18.2 Å². The largest absolute Gasteiger partial charge is 0.454 e. The van der Waals surface area contributed by atoms with Gasteiger partial charge in [-0.1, -0.05) is 6.07 Å². The first-order valence-electron chi connectivity index (χ1n) is 3.52. The molecule has 62 valence electrons. The van der Waals surface area contributed by atoms with Crippen LogP contribution >= 0.6 is 0 Å². The van der Waals surface area contributed by atoms with E-state index >= 15 is 0 Å². The predicted octanol–water partition coefficient (Wildman–Crippen LogP) is 0.699. The van der Waals surface area contributed by atoms with Gasteiger partial charge < -0.3 is 15.2 Å². The smallest absolute Gasteiger partial charge is 0.231 e. The van der Waals surface area contributed by atoms with Crippen LogP contribution in [0.3, 0.4) is 0 Å². The Morgan fingerprint density at radius 3 is 3.00 bits per heavy atom. The van der Waals surface area contributed by atoms with Crippen LogP contribution in [0.25, 0.3) is 0 Å². The number of hydrogen-bond donors (Lipinski definition) is 2. The predicted molar refractivity (Wildman–Crippen MR) is 43.6 cm³/mol. The molecule has 0 atom stereocenters. The normalized spacial score (nSPS) is 13.0. The highest BCUT2D eigenvalue weighted by Crippen LogP contribution is 2.34. The molecule has 1 aromatic carbocycles. The number of para-hydroxylation sites is 1. The third-order valence-electron chi connectivity index (χ3n) is 1.69. The molecule has 0 fully saturated rings. The van der Waals surface area contributed by atoms with Crippen LogP contribution in [-0.4, -0.2) is 12.6 Å². The molecule has 12 heavy (non-hydrogen) atoms. The maximum Gasteiger partial charge on any atom is 0.231 e. The van der Waals surface area contributed by atoms with Crippen LogP contribution in [0, 0.1) is 5.41 Å². The quantitative estimate of drug-likeness (QED) is 0.474. The second-order valence-electron chi connectivity index (χ2n) is 2.45. The van der Waals surface area contributed by atoms with E-state index in [0.717, 1.165) is 0 Å². The minimum Gasteiger partial charge on any atom is -0.454 e. The van der Waals surface area contributed by atoms with Crippen LogP contribution in [0.2, 0.25) is 0 Å². The number of benzene rings is 1. The van der Waals surface area contributed by atoms with E-state index in [2.05, 4.69) is 0 Å². The summed E-state index contributed by atoms with van der Waals surface area (Å²) in [5, 5.41) is 7.25. The molecule has 4 nitrogen and oxygen atoms in total.